The molecule has 0 unspecified atom stereocenters. The van der Waals surface area contributed by atoms with Crippen LogP contribution in [0.5, 0.6) is 11.5 Å². The van der Waals surface area contributed by atoms with Crippen molar-refractivity contribution in [2.24, 2.45) is 0 Å². The predicted molar refractivity (Wildman–Crippen MR) is 116 cm³/mol. The Morgan fingerprint density at radius 2 is 1.79 bits per heavy atom. The summed E-state index contributed by atoms with van der Waals surface area (Å²) < 4.78 is 38.7. The number of anilines is 1. The lowest BCUT2D eigenvalue weighted by Gasteiger charge is -2.21. The first-order valence-electron chi connectivity index (χ1n) is 9.20. The average Bonchev–Trinajstić information content (AvgIpc) is 2.70. The maximum atomic E-state index is 13.0. The van der Waals surface area contributed by atoms with Gasteiger partial charge in [-0.2, -0.15) is 4.31 Å². The zero-order valence-electron chi connectivity index (χ0n) is 16.9. The largest absolute Gasteiger partial charge is 0.497 e. The number of ether oxygens (including phenoxy) is 2. The molecule has 0 aliphatic heterocycles. The van der Waals surface area contributed by atoms with Crippen molar-refractivity contribution in [3.05, 3.63) is 46.4 Å². The van der Waals surface area contributed by atoms with E-state index >= 15 is 0 Å². The Balaban J connectivity index is 2.44. The van der Waals surface area contributed by atoms with Gasteiger partial charge >= 0.3 is 0 Å². The minimum absolute atomic E-state index is 0.0190. The fourth-order valence-electron chi connectivity index (χ4n) is 2.77. The quantitative estimate of drug-likeness (QED) is 0.577. The molecule has 2 aromatic carbocycles. The number of sulfonamides is 1. The van der Waals surface area contributed by atoms with E-state index in [0.717, 1.165) is 0 Å². The van der Waals surface area contributed by atoms with Gasteiger partial charge in [0.05, 0.1) is 19.3 Å². The van der Waals surface area contributed by atoms with Crippen LogP contribution in [-0.4, -0.2) is 45.4 Å². The number of benzene rings is 2. The van der Waals surface area contributed by atoms with Crippen molar-refractivity contribution < 1.29 is 22.7 Å². The van der Waals surface area contributed by atoms with Crippen molar-refractivity contribution in [2.75, 3.05) is 32.1 Å². The number of nitrogens with zero attached hydrogens (tertiary/aromatic N) is 1. The molecule has 0 aliphatic carbocycles. The fourth-order valence-corrected chi connectivity index (χ4v) is 4.81. The summed E-state index contributed by atoms with van der Waals surface area (Å²) in [6.07, 6.45) is 0. The van der Waals surface area contributed by atoms with E-state index in [9.17, 15) is 13.2 Å². The van der Waals surface area contributed by atoms with Crippen molar-refractivity contribution >= 4 is 37.5 Å². The predicted octanol–water partition coefficient (Wildman–Crippen LogP) is 4.14. The van der Waals surface area contributed by atoms with E-state index in [1.807, 2.05) is 0 Å². The standard InChI is InChI=1S/C20H25BrN2O5S/c1-5-23(6-2)29(25,26)19-12-14(8-11-18(19)28-7-3)22-20(24)16-13-15(27-4)9-10-17(16)21/h8-13H,5-7H2,1-4H3,(H,22,24). The van der Waals surface area contributed by atoms with Gasteiger partial charge in [-0.3, -0.25) is 4.79 Å². The number of carbonyl (C=O) groups excluding carboxylic acids is 1. The number of amides is 1. The summed E-state index contributed by atoms with van der Waals surface area (Å²) in [7, 11) is -2.25. The van der Waals surface area contributed by atoms with Crippen LogP contribution in [0.4, 0.5) is 5.69 Å². The molecular weight excluding hydrogens is 460 g/mol. The third-order valence-electron chi connectivity index (χ3n) is 4.24. The number of methoxy groups -OCH3 is 1. The van der Waals surface area contributed by atoms with E-state index in [0.29, 0.717) is 41.2 Å². The lowest BCUT2D eigenvalue weighted by atomic mass is 10.2. The molecule has 1 N–H and O–H groups in total. The van der Waals surface area contributed by atoms with Crippen LogP contribution in [0.2, 0.25) is 0 Å². The molecule has 1 amide bonds. The topological polar surface area (TPSA) is 84.9 Å². The van der Waals surface area contributed by atoms with Crippen molar-refractivity contribution in [1.29, 1.82) is 0 Å². The molecule has 0 atom stereocenters. The lowest BCUT2D eigenvalue weighted by Crippen LogP contribution is -2.31. The number of nitrogens with one attached hydrogen (secondary N) is 1. The van der Waals surface area contributed by atoms with Crippen LogP contribution in [0.15, 0.2) is 45.8 Å². The fraction of sp³-hybridized carbons (Fsp3) is 0.350. The molecule has 0 spiro atoms. The second kappa shape index (κ2) is 10.1. The summed E-state index contributed by atoms with van der Waals surface area (Å²) in [5.41, 5.74) is 0.713. The highest BCUT2D eigenvalue weighted by Crippen LogP contribution is 2.31. The van der Waals surface area contributed by atoms with Crippen LogP contribution in [0.1, 0.15) is 31.1 Å². The molecule has 158 valence electrons. The molecule has 29 heavy (non-hydrogen) atoms. The Morgan fingerprint density at radius 3 is 2.38 bits per heavy atom. The van der Waals surface area contributed by atoms with Gasteiger partial charge in [0.2, 0.25) is 10.0 Å². The summed E-state index contributed by atoms with van der Waals surface area (Å²) in [5.74, 6) is 0.390. The van der Waals surface area contributed by atoms with Gasteiger partial charge in [0.25, 0.3) is 5.91 Å². The highest BCUT2D eigenvalue weighted by molar-refractivity contribution is 9.10. The summed E-state index contributed by atoms with van der Waals surface area (Å²) in [5, 5.41) is 2.74. The molecule has 9 heteroatoms. The van der Waals surface area contributed by atoms with Gasteiger partial charge < -0.3 is 14.8 Å². The van der Waals surface area contributed by atoms with E-state index in [-0.39, 0.29) is 10.6 Å². The van der Waals surface area contributed by atoms with Crippen LogP contribution < -0.4 is 14.8 Å². The maximum absolute atomic E-state index is 13.0. The van der Waals surface area contributed by atoms with Gasteiger partial charge in [-0.1, -0.05) is 13.8 Å². The van der Waals surface area contributed by atoms with Gasteiger partial charge in [0.15, 0.2) is 0 Å². The zero-order chi connectivity index (χ0) is 21.6. The molecule has 7 nitrogen and oxygen atoms in total. The highest BCUT2D eigenvalue weighted by atomic mass is 79.9. The average molecular weight is 485 g/mol. The minimum Gasteiger partial charge on any atom is -0.497 e. The smallest absolute Gasteiger partial charge is 0.256 e. The van der Waals surface area contributed by atoms with E-state index < -0.39 is 15.9 Å². The summed E-state index contributed by atoms with van der Waals surface area (Å²) in [6, 6.07) is 9.62. The molecule has 0 aromatic heterocycles. The molecule has 0 fully saturated rings. The molecule has 2 rings (SSSR count). The van der Waals surface area contributed by atoms with E-state index in [4.69, 9.17) is 9.47 Å². The van der Waals surface area contributed by atoms with Gasteiger partial charge in [-0.05, 0) is 59.3 Å². The molecule has 0 bridgehead atoms. The van der Waals surface area contributed by atoms with Crippen molar-refractivity contribution in [2.45, 2.75) is 25.7 Å². The van der Waals surface area contributed by atoms with Crippen molar-refractivity contribution in [3.8, 4) is 11.5 Å². The van der Waals surface area contributed by atoms with Crippen molar-refractivity contribution in [1.82, 2.24) is 4.31 Å². The van der Waals surface area contributed by atoms with Gasteiger partial charge in [-0.15, -0.1) is 0 Å². The number of carbonyl (C=O) groups is 1. The van der Waals surface area contributed by atoms with Crippen LogP contribution in [-0.2, 0) is 10.0 Å². The Bertz CT molecular complexity index is 975. The van der Waals surface area contributed by atoms with E-state index in [1.165, 1.54) is 17.5 Å². The van der Waals surface area contributed by atoms with Gasteiger partial charge in [0.1, 0.15) is 16.4 Å². The molecule has 0 aliphatic rings. The number of rotatable bonds is 9. The zero-order valence-corrected chi connectivity index (χ0v) is 19.3. The second-order valence-corrected chi connectivity index (χ2v) is 8.74. The molecule has 2 aromatic rings. The first-order chi connectivity index (χ1) is 13.8. The van der Waals surface area contributed by atoms with Crippen LogP contribution in [0.25, 0.3) is 0 Å². The first kappa shape index (κ1) is 23.2. The summed E-state index contributed by atoms with van der Waals surface area (Å²) in [6.45, 7) is 6.31. The Labute approximate surface area is 180 Å². The van der Waals surface area contributed by atoms with Crippen LogP contribution >= 0.6 is 15.9 Å². The Morgan fingerprint density at radius 1 is 1.10 bits per heavy atom. The van der Waals surface area contributed by atoms with Crippen LogP contribution in [0, 0.1) is 0 Å². The maximum Gasteiger partial charge on any atom is 0.256 e. The lowest BCUT2D eigenvalue weighted by molar-refractivity contribution is 0.102. The third-order valence-corrected chi connectivity index (χ3v) is 7.01. The van der Waals surface area contributed by atoms with Crippen LogP contribution in [0.3, 0.4) is 0 Å². The molecule has 0 heterocycles. The summed E-state index contributed by atoms with van der Waals surface area (Å²) in [4.78, 5) is 12.8. The van der Waals surface area contributed by atoms with E-state index in [1.54, 1.807) is 51.1 Å². The normalized spacial score (nSPS) is 11.4. The second-order valence-electron chi connectivity index (χ2n) is 5.98. The molecule has 0 radical (unpaired) electrons. The number of hydrogen-bond donors (Lipinski definition) is 1. The first-order valence-corrected chi connectivity index (χ1v) is 11.4. The van der Waals surface area contributed by atoms with Crippen molar-refractivity contribution in [3.63, 3.8) is 0 Å². The highest BCUT2D eigenvalue weighted by Gasteiger charge is 2.26. The summed E-state index contributed by atoms with van der Waals surface area (Å²) >= 11 is 3.35. The van der Waals surface area contributed by atoms with Gasteiger partial charge in [-0.25, -0.2) is 8.42 Å². The third kappa shape index (κ3) is 5.29. The molecule has 0 saturated carbocycles. The minimum atomic E-state index is -3.77. The van der Waals surface area contributed by atoms with E-state index in [2.05, 4.69) is 21.2 Å². The Kier molecular flexibility index (Phi) is 8.06. The molecular formula is C20H25BrN2O5S. The van der Waals surface area contributed by atoms with Gasteiger partial charge in [0, 0.05) is 23.2 Å². The molecule has 0 saturated heterocycles. The Hall–Kier alpha value is -2.10. The SMILES string of the molecule is CCOc1ccc(NC(=O)c2cc(OC)ccc2Br)cc1S(=O)(=O)N(CC)CC. The number of hydrogen-bond acceptors (Lipinski definition) is 5. The monoisotopic (exact) mass is 484 g/mol. The number of halogens is 1.